The molecule has 0 aliphatic carbocycles. The molecular weight excluding hydrogens is 1200 g/mol. The summed E-state index contributed by atoms with van der Waals surface area (Å²) in [6.45, 7) is 8.08. The zero-order valence-electron chi connectivity index (χ0n) is 45.7. The van der Waals surface area contributed by atoms with Gasteiger partial charge >= 0.3 is 5.97 Å². The number of morpholine rings is 1. The van der Waals surface area contributed by atoms with Crippen molar-refractivity contribution in [1.29, 1.82) is 0 Å². The highest BCUT2D eigenvalue weighted by molar-refractivity contribution is 7.80. The van der Waals surface area contributed by atoms with Crippen LogP contribution in [0, 0.1) is 0 Å². The second kappa shape index (κ2) is 38.3. The Morgan fingerprint density at radius 1 is 0.482 bits per heavy atom. The van der Waals surface area contributed by atoms with Crippen LogP contribution in [0.3, 0.4) is 0 Å². The first-order chi connectivity index (χ1) is 39.5. The van der Waals surface area contributed by atoms with E-state index < -0.39 is 5.97 Å². The number of nitrogens with zero attached hydrogens (tertiary/aromatic N) is 1. The molecule has 2 fully saturated rings. The van der Waals surface area contributed by atoms with E-state index in [0.717, 1.165) is 61.6 Å². The summed E-state index contributed by atoms with van der Waals surface area (Å²) in [6.07, 6.45) is 4.45. The molecule has 0 amide bonds. The van der Waals surface area contributed by atoms with Crippen molar-refractivity contribution >= 4 is 106 Å². The maximum Gasteiger partial charge on any atom is 0.307 e. The quantitative estimate of drug-likeness (QED) is 0.0888. The number of hydrogen-bond donors (Lipinski definition) is 2. The molecule has 83 heavy (non-hydrogen) atoms. The van der Waals surface area contributed by atoms with E-state index in [9.17, 15) is 14.4 Å². The third-order valence-corrected chi connectivity index (χ3v) is 13.1. The molecule has 11 nitrogen and oxygen atoms in total. The van der Waals surface area contributed by atoms with Crippen molar-refractivity contribution in [2.75, 3.05) is 39.5 Å². The van der Waals surface area contributed by atoms with Gasteiger partial charge in [-0.3, -0.25) is 14.4 Å². The lowest BCUT2D eigenvalue weighted by Crippen LogP contribution is -2.40. The Morgan fingerprint density at radius 3 is 1.23 bits per heavy atom. The molecule has 2 aliphatic heterocycles. The second-order valence-corrected chi connectivity index (χ2v) is 20.5. The molecule has 0 spiro atoms. The summed E-state index contributed by atoms with van der Waals surface area (Å²) in [7, 11) is 0. The van der Waals surface area contributed by atoms with E-state index >= 15 is 0 Å². The highest BCUT2D eigenvalue weighted by Gasteiger charge is 2.17. The van der Waals surface area contributed by atoms with Crippen molar-refractivity contribution in [1.82, 2.24) is 4.90 Å². The predicted molar refractivity (Wildman–Crippen MR) is 344 cm³/mol. The molecule has 0 radical (unpaired) electrons. The number of benzene rings is 8. The summed E-state index contributed by atoms with van der Waals surface area (Å²) in [5.74, 6) is 3.23. The SMILES string of the molecule is C1CCOCC1.CC(=O)c1cc(Cl)ccc1Cl.CC(=O)c1cc(Cl)ccc1Oc1ccccc1.O=C(O)Cc1cc(Cl)ccc1Oc1ccccc1.Oc1ccccc1.S.S=C(Cc1cc(Cl)ccc1Oc1ccccc1)N1CCOCC1. The zero-order chi connectivity index (χ0) is 59.1. The number of aliphatic carboxylic acids is 1. The van der Waals surface area contributed by atoms with Crippen LogP contribution in [0.1, 0.15) is 65.0 Å². The fraction of sp³-hybridized carbons (Fsp3) is 0.200. The van der Waals surface area contributed by atoms with Gasteiger partial charge in [-0.15, -0.1) is 0 Å². The van der Waals surface area contributed by atoms with Gasteiger partial charge < -0.3 is 38.8 Å². The van der Waals surface area contributed by atoms with Gasteiger partial charge in [0.15, 0.2) is 11.6 Å². The number of rotatable bonds is 12. The molecule has 8 aromatic rings. The largest absolute Gasteiger partial charge is 0.508 e. The van der Waals surface area contributed by atoms with Crippen molar-refractivity contribution in [2.45, 2.75) is 46.0 Å². The molecule has 2 aliphatic rings. The van der Waals surface area contributed by atoms with Crippen molar-refractivity contribution in [2.24, 2.45) is 0 Å². The Morgan fingerprint density at radius 2 is 0.855 bits per heavy atom. The summed E-state index contributed by atoms with van der Waals surface area (Å²) in [5, 5.41) is 20.2. The van der Waals surface area contributed by atoms with E-state index in [1.54, 1.807) is 91.0 Å². The summed E-state index contributed by atoms with van der Waals surface area (Å²) < 4.78 is 27.7. The van der Waals surface area contributed by atoms with E-state index in [1.807, 2.05) is 103 Å². The Bertz CT molecular complexity index is 3240. The van der Waals surface area contributed by atoms with Gasteiger partial charge in [-0.25, -0.2) is 0 Å². The molecule has 2 saturated heterocycles. The minimum Gasteiger partial charge on any atom is -0.508 e. The van der Waals surface area contributed by atoms with Gasteiger partial charge in [-0.05, 0) is 154 Å². The van der Waals surface area contributed by atoms with E-state index in [0.29, 0.717) is 77.0 Å². The summed E-state index contributed by atoms with van der Waals surface area (Å²) in [5.41, 5.74) is 2.51. The average Bonchev–Trinajstić information content (AvgIpc) is 3.56. The number of carboxylic acid groups (broad SMARTS) is 1. The molecule has 18 heteroatoms. The molecule has 0 atom stereocenters. The van der Waals surface area contributed by atoms with Gasteiger partial charge in [-0.2, -0.15) is 13.5 Å². The van der Waals surface area contributed by atoms with Crippen LogP contribution in [0.4, 0.5) is 0 Å². The molecule has 0 saturated carbocycles. The fourth-order valence-electron chi connectivity index (χ4n) is 7.42. The molecule has 10 rings (SSSR count). The third kappa shape index (κ3) is 26.7. The number of phenols is 1. The van der Waals surface area contributed by atoms with E-state index in [2.05, 4.69) is 4.90 Å². The second-order valence-electron chi connectivity index (χ2n) is 17.9. The Kier molecular flexibility index (Phi) is 31.8. The monoisotopic (exact) mass is 1260 g/mol. The molecule has 0 unspecified atom stereocenters. The number of aromatic hydroxyl groups is 1. The molecule has 8 aromatic carbocycles. The lowest BCUT2D eigenvalue weighted by Gasteiger charge is -2.29. The van der Waals surface area contributed by atoms with Gasteiger partial charge in [0.05, 0.1) is 35.2 Å². The van der Waals surface area contributed by atoms with Gasteiger partial charge in [0.1, 0.15) is 40.2 Å². The molecule has 436 valence electrons. The number of thiocarbonyl (C=S) groups is 1. The number of para-hydroxylation sites is 4. The first kappa shape index (κ1) is 68.9. The highest BCUT2D eigenvalue weighted by Crippen LogP contribution is 2.31. The zero-order valence-corrected chi connectivity index (χ0v) is 51.3. The van der Waals surface area contributed by atoms with Gasteiger partial charge in [0.25, 0.3) is 0 Å². The normalized spacial score (nSPS) is 12.0. The van der Waals surface area contributed by atoms with Crippen LogP contribution >= 0.6 is 83.7 Å². The Hall–Kier alpha value is -6.62. The Balaban J connectivity index is 0.000000224. The number of phenolic OH excluding ortho intramolecular Hbond substituents is 1. The minimum atomic E-state index is -0.921. The van der Waals surface area contributed by atoms with Crippen LogP contribution < -0.4 is 14.2 Å². The third-order valence-electron chi connectivity index (χ3n) is 11.5. The van der Waals surface area contributed by atoms with Crippen molar-refractivity contribution < 1.29 is 48.3 Å². The number of halogens is 5. The number of carboxylic acids is 1. The van der Waals surface area contributed by atoms with Crippen molar-refractivity contribution in [3.05, 3.63) is 241 Å². The van der Waals surface area contributed by atoms with E-state index in [1.165, 1.54) is 33.1 Å². The standard InChI is InChI=1S/C18H18ClNO2S.C14H11ClO3.C14H11ClO2.C8H6Cl2O.C6H6O.C5H10O.H2S/c19-15-6-7-17(22-16-4-2-1-3-5-16)14(12-15)13-18(23)20-8-10-21-11-9-20;15-11-6-7-13(10(8-11)9-14(16)17)18-12-4-2-1-3-5-12;1-10(16)13-9-11(15)7-8-14(13)17-12-5-3-2-4-6-12;1-5(11)7-4-6(9)2-3-8(7)10;7-6-4-2-1-3-5-6;1-2-4-6-5-3-1;/h1-7,12H,8-11,13H2;1-8H,9H2,(H,16,17);2-9H,1H3;2-4H,1H3;1-5,7H;1-5H2;1H2. The lowest BCUT2D eigenvalue weighted by atomic mass is 10.1. The van der Waals surface area contributed by atoms with Crippen LogP contribution in [0.5, 0.6) is 40.2 Å². The number of Topliss-reactive ketones (excluding diaryl/α,β-unsaturated/α-hetero) is 2. The van der Waals surface area contributed by atoms with Gasteiger partial charge in [0, 0.05) is 69.5 Å². The van der Waals surface area contributed by atoms with Crippen molar-refractivity contribution in [3.63, 3.8) is 0 Å². The molecule has 0 bridgehead atoms. The summed E-state index contributed by atoms with van der Waals surface area (Å²) >= 11 is 34.8. The first-order valence-corrected chi connectivity index (χ1v) is 28.3. The molecule has 2 N–H and O–H groups in total. The van der Waals surface area contributed by atoms with Crippen LogP contribution in [0.25, 0.3) is 0 Å². The van der Waals surface area contributed by atoms with Crippen LogP contribution in [-0.4, -0.2) is 77.2 Å². The lowest BCUT2D eigenvalue weighted by molar-refractivity contribution is -0.136. The number of ketones is 2. The van der Waals surface area contributed by atoms with Gasteiger partial charge in [-0.1, -0.05) is 143 Å². The molecule has 0 aromatic heterocycles. The minimum absolute atomic E-state index is 0. The number of carbonyl (C=O) groups excluding carboxylic acids is 2. The van der Waals surface area contributed by atoms with Gasteiger partial charge in [0.2, 0.25) is 0 Å². The first-order valence-electron chi connectivity index (χ1n) is 26.0. The van der Waals surface area contributed by atoms with Crippen LogP contribution in [0.2, 0.25) is 25.1 Å². The smallest absolute Gasteiger partial charge is 0.307 e. The average molecular weight is 1260 g/mol. The Labute approximate surface area is 523 Å². The summed E-state index contributed by atoms with van der Waals surface area (Å²) in [6, 6.07) is 57.4. The summed E-state index contributed by atoms with van der Waals surface area (Å²) in [4.78, 5) is 36.2. The van der Waals surface area contributed by atoms with E-state index in [-0.39, 0.29) is 31.5 Å². The van der Waals surface area contributed by atoms with E-state index in [4.69, 9.17) is 104 Å². The van der Waals surface area contributed by atoms with Crippen molar-refractivity contribution in [3.8, 4) is 40.2 Å². The maximum absolute atomic E-state index is 11.5. The fourth-order valence-corrected chi connectivity index (χ4v) is 8.74. The highest BCUT2D eigenvalue weighted by atomic mass is 35.5. The number of ether oxygens (including phenoxy) is 5. The number of hydrogen-bond acceptors (Lipinski definition) is 10. The van der Waals surface area contributed by atoms with Crippen LogP contribution in [-0.2, 0) is 27.1 Å². The number of carbonyl (C=O) groups is 3. The maximum atomic E-state index is 11.5. The molecule has 2 heterocycles. The predicted octanol–water partition coefficient (Wildman–Crippen LogP) is 18.3. The molecular formula is C65H64Cl5NO10S2. The topological polar surface area (TPSA) is 141 Å². The van der Waals surface area contributed by atoms with Crippen LogP contribution in [0.15, 0.2) is 194 Å².